The highest BCUT2D eigenvalue weighted by molar-refractivity contribution is 5.75. The highest BCUT2D eigenvalue weighted by Gasteiger charge is 2.24. The molecule has 3 amide bonds. The number of carbonyl (C=O) groups excluding carboxylic acids is 2. The van der Waals surface area contributed by atoms with Crippen LogP contribution in [0.5, 0.6) is 0 Å². The number of carbonyl (C=O) groups is 2. The van der Waals surface area contributed by atoms with Crippen molar-refractivity contribution in [3.05, 3.63) is 35.6 Å². The minimum absolute atomic E-state index is 0.142. The van der Waals surface area contributed by atoms with Crippen molar-refractivity contribution in [1.82, 2.24) is 15.1 Å². The van der Waals surface area contributed by atoms with Crippen LogP contribution < -0.4 is 5.32 Å². The van der Waals surface area contributed by atoms with Gasteiger partial charge in [-0.1, -0.05) is 18.2 Å². The number of urea groups is 1. The van der Waals surface area contributed by atoms with E-state index < -0.39 is 0 Å². The minimum Gasteiger partial charge on any atom is -0.450 e. The van der Waals surface area contributed by atoms with Crippen molar-refractivity contribution in [2.75, 3.05) is 32.8 Å². The first-order chi connectivity index (χ1) is 10.6. The molecule has 1 N–H and O–H groups in total. The molecule has 1 saturated heterocycles. The molecular weight excluding hydrogens is 289 g/mol. The second-order valence-corrected chi connectivity index (χ2v) is 4.92. The van der Waals surface area contributed by atoms with Crippen molar-refractivity contribution in [3.63, 3.8) is 0 Å². The summed E-state index contributed by atoms with van der Waals surface area (Å²) in [5, 5.41) is 2.69. The van der Waals surface area contributed by atoms with Crippen molar-refractivity contribution in [3.8, 4) is 0 Å². The maximum Gasteiger partial charge on any atom is 0.409 e. The number of halogens is 1. The Bertz CT molecular complexity index is 531. The first kappa shape index (κ1) is 16.1. The lowest BCUT2D eigenvalue weighted by atomic mass is 10.2. The van der Waals surface area contributed by atoms with Gasteiger partial charge in [-0.15, -0.1) is 0 Å². The molecule has 0 atom stereocenters. The molecule has 0 aromatic heterocycles. The molecule has 1 aliphatic rings. The molecular formula is C15H20FN3O3. The SMILES string of the molecule is CCOC(=O)N1CCN(C(=O)NCc2ccccc2F)CC1. The summed E-state index contributed by atoms with van der Waals surface area (Å²) in [5.41, 5.74) is 0.445. The van der Waals surface area contributed by atoms with E-state index in [2.05, 4.69) is 5.32 Å². The average Bonchev–Trinajstić information content (AvgIpc) is 2.54. The number of nitrogens with one attached hydrogen (secondary N) is 1. The molecule has 1 aliphatic heterocycles. The van der Waals surface area contributed by atoms with Crippen molar-refractivity contribution < 1.29 is 18.7 Å². The second kappa shape index (κ2) is 7.63. The molecule has 2 rings (SSSR count). The summed E-state index contributed by atoms with van der Waals surface area (Å²) in [6, 6.07) is 6.07. The lowest BCUT2D eigenvalue weighted by Crippen LogP contribution is -2.53. The van der Waals surface area contributed by atoms with Gasteiger partial charge in [-0.05, 0) is 13.0 Å². The van der Waals surface area contributed by atoms with Gasteiger partial charge in [0.05, 0.1) is 6.61 Å². The van der Waals surface area contributed by atoms with Gasteiger partial charge < -0.3 is 19.9 Å². The van der Waals surface area contributed by atoms with Gasteiger partial charge in [-0.2, -0.15) is 0 Å². The number of ether oxygens (including phenoxy) is 1. The maximum absolute atomic E-state index is 13.5. The summed E-state index contributed by atoms with van der Waals surface area (Å²) in [5.74, 6) is -0.338. The van der Waals surface area contributed by atoms with Gasteiger partial charge >= 0.3 is 12.1 Å². The van der Waals surface area contributed by atoms with Crippen LogP contribution in [0.15, 0.2) is 24.3 Å². The van der Waals surface area contributed by atoms with E-state index in [9.17, 15) is 14.0 Å². The number of amides is 3. The lowest BCUT2D eigenvalue weighted by Gasteiger charge is -2.34. The smallest absolute Gasteiger partial charge is 0.409 e. The van der Waals surface area contributed by atoms with Gasteiger partial charge in [0.25, 0.3) is 0 Å². The summed E-state index contributed by atoms with van der Waals surface area (Å²) >= 11 is 0. The largest absolute Gasteiger partial charge is 0.450 e. The van der Waals surface area contributed by atoms with E-state index in [1.165, 1.54) is 6.07 Å². The zero-order chi connectivity index (χ0) is 15.9. The van der Waals surface area contributed by atoms with Crippen molar-refractivity contribution in [2.45, 2.75) is 13.5 Å². The number of hydrogen-bond donors (Lipinski definition) is 1. The molecule has 0 radical (unpaired) electrons. The molecule has 6 nitrogen and oxygen atoms in total. The van der Waals surface area contributed by atoms with Crippen LogP contribution in [-0.2, 0) is 11.3 Å². The normalized spacial score (nSPS) is 14.6. The van der Waals surface area contributed by atoms with E-state index in [1.807, 2.05) is 0 Å². The van der Waals surface area contributed by atoms with Crippen LogP contribution in [-0.4, -0.2) is 54.7 Å². The minimum atomic E-state index is -0.353. The van der Waals surface area contributed by atoms with Gasteiger partial charge in [-0.3, -0.25) is 0 Å². The van der Waals surface area contributed by atoms with E-state index >= 15 is 0 Å². The Morgan fingerprint density at radius 3 is 2.45 bits per heavy atom. The zero-order valence-corrected chi connectivity index (χ0v) is 12.5. The van der Waals surface area contributed by atoms with Crippen LogP contribution in [0.3, 0.4) is 0 Å². The Kier molecular flexibility index (Phi) is 5.57. The summed E-state index contributed by atoms with van der Waals surface area (Å²) in [6.45, 7) is 3.97. The Balaban J connectivity index is 1.78. The topological polar surface area (TPSA) is 61.9 Å². The molecule has 1 aromatic carbocycles. The van der Waals surface area contributed by atoms with E-state index in [-0.39, 0.29) is 24.5 Å². The Morgan fingerprint density at radius 1 is 1.18 bits per heavy atom. The monoisotopic (exact) mass is 309 g/mol. The zero-order valence-electron chi connectivity index (χ0n) is 12.5. The number of nitrogens with zero attached hydrogens (tertiary/aromatic N) is 2. The van der Waals surface area contributed by atoms with Crippen LogP contribution in [0.1, 0.15) is 12.5 Å². The van der Waals surface area contributed by atoms with Gasteiger partial charge in [0.1, 0.15) is 5.82 Å². The van der Waals surface area contributed by atoms with Crippen molar-refractivity contribution in [2.24, 2.45) is 0 Å². The molecule has 7 heteroatoms. The molecule has 1 fully saturated rings. The Morgan fingerprint density at radius 2 is 1.82 bits per heavy atom. The predicted molar refractivity (Wildman–Crippen MR) is 78.8 cm³/mol. The third-order valence-electron chi connectivity index (χ3n) is 3.48. The molecule has 0 aliphatic carbocycles. The van der Waals surface area contributed by atoms with Gasteiger partial charge in [0, 0.05) is 38.3 Å². The van der Waals surface area contributed by atoms with E-state index in [1.54, 1.807) is 34.9 Å². The third-order valence-corrected chi connectivity index (χ3v) is 3.48. The van der Waals surface area contributed by atoms with Crippen LogP contribution in [0.4, 0.5) is 14.0 Å². The summed E-state index contributed by atoms with van der Waals surface area (Å²) in [7, 11) is 0. The number of benzene rings is 1. The maximum atomic E-state index is 13.5. The number of hydrogen-bond acceptors (Lipinski definition) is 3. The molecule has 0 saturated carbocycles. The van der Waals surface area contributed by atoms with Gasteiger partial charge in [0.15, 0.2) is 0 Å². The molecule has 120 valence electrons. The van der Waals surface area contributed by atoms with Gasteiger partial charge in [0.2, 0.25) is 0 Å². The van der Waals surface area contributed by atoms with Crippen molar-refractivity contribution >= 4 is 12.1 Å². The standard InChI is InChI=1S/C15H20FN3O3/c1-2-22-15(21)19-9-7-18(8-10-19)14(20)17-11-12-5-3-4-6-13(12)16/h3-6H,2,7-11H2,1H3,(H,17,20). The molecule has 1 aromatic rings. The lowest BCUT2D eigenvalue weighted by molar-refractivity contribution is 0.0851. The summed E-state index contributed by atoms with van der Waals surface area (Å²) in [6.07, 6.45) is -0.353. The Labute approximate surface area is 128 Å². The van der Waals surface area contributed by atoms with Crippen LogP contribution >= 0.6 is 0 Å². The first-order valence-corrected chi connectivity index (χ1v) is 7.29. The predicted octanol–water partition coefficient (Wildman–Crippen LogP) is 1.81. The molecule has 0 spiro atoms. The number of piperazine rings is 1. The fourth-order valence-electron chi connectivity index (χ4n) is 2.23. The first-order valence-electron chi connectivity index (χ1n) is 7.29. The van der Waals surface area contributed by atoms with Gasteiger partial charge in [-0.25, -0.2) is 14.0 Å². The van der Waals surface area contributed by atoms with Crippen LogP contribution in [0, 0.1) is 5.82 Å². The number of rotatable bonds is 3. The highest BCUT2D eigenvalue weighted by atomic mass is 19.1. The fourth-order valence-corrected chi connectivity index (χ4v) is 2.23. The van der Waals surface area contributed by atoms with E-state index in [4.69, 9.17) is 4.74 Å². The summed E-state index contributed by atoms with van der Waals surface area (Å²) in [4.78, 5) is 26.8. The molecule has 1 heterocycles. The average molecular weight is 309 g/mol. The van der Waals surface area contributed by atoms with Crippen LogP contribution in [0.2, 0.25) is 0 Å². The Hall–Kier alpha value is -2.31. The summed E-state index contributed by atoms with van der Waals surface area (Å²) < 4.78 is 18.4. The highest BCUT2D eigenvalue weighted by Crippen LogP contribution is 2.07. The van der Waals surface area contributed by atoms with Crippen LogP contribution in [0.25, 0.3) is 0 Å². The molecule has 0 bridgehead atoms. The fraction of sp³-hybridized carbons (Fsp3) is 0.467. The van der Waals surface area contributed by atoms with E-state index in [0.29, 0.717) is 38.3 Å². The van der Waals surface area contributed by atoms with E-state index in [0.717, 1.165) is 0 Å². The second-order valence-electron chi connectivity index (χ2n) is 4.92. The van der Waals surface area contributed by atoms with Crippen molar-refractivity contribution in [1.29, 1.82) is 0 Å². The molecule has 22 heavy (non-hydrogen) atoms. The quantitative estimate of drug-likeness (QED) is 0.926. The third kappa shape index (κ3) is 4.09. The molecule has 0 unspecified atom stereocenters.